The fourth-order valence-electron chi connectivity index (χ4n) is 2.50. The summed E-state index contributed by atoms with van der Waals surface area (Å²) in [6.45, 7) is 3.65. The average Bonchev–Trinajstić information content (AvgIpc) is 2.45. The van der Waals surface area contributed by atoms with Crippen molar-refractivity contribution in [3.63, 3.8) is 0 Å². The van der Waals surface area contributed by atoms with Crippen molar-refractivity contribution in [1.82, 2.24) is 5.32 Å². The summed E-state index contributed by atoms with van der Waals surface area (Å²) in [5, 5.41) is 13.0. The highest BCUT2D eigenvalue weighted by atomic mass is 79.9. The van der Waals surface area contributed by atoms with Crippen LogP contribution in [0.15, 0.2) is 16.6 Å². The van der Waals surface area contributed by atoms with Crippen molar-refractivity contribution in [2.75, 3.05) is 20.3 Å². The quantitative estimate of drug-likeness (QED) is 0.749. The molecule has 4 nitrogen and oxygen atoms in total. The van der Waals surface area contributed by atoms with E-state index in [1.807, 2.05) is 12.1 Å². The zero-order valence-corrected chi connectivity index (χ0v) is 14.3. The zero-order chi connectivity index (χ0) is 15.3. The molecule has 0 radical (unpaired) electrons. The SMILES string of the molecule is CCCOc1c(Br)cc(CNC2(CO)CCC2)cc1OC. The van der Waals surface area contributed by atoms with Crippen molar-refractivity contribution < 1.29 is 14.6 Å². The van der Waals surface area contributed by atoms with E-state index in [1.54, 1.807) is 7.11 Å². The van der Waals surface area contributed by atoms with E-state index in [4.69, 9.17) is 9.47 Å². The second-order valence-electron chi connectivity index (χ2n) is 5.60. The van der Waals surface area contributed by atoms with Crippen molar-refractivity contribution in [2.45, 2.75) is 44.7 Å². The molecule has 1 aromatic rings. The fraction of sp³-hybridized carbons (Fsp3) is 0.625. The number of ether oxygens (including phenoxy) is 2. The summed E-state index contributed by atoms with van der Waals surface area (Å²) in [5.41, 5.74) is 1.03. The van der Waals surface area contributed by atoms with Crippen molar-refractivity contribution in [2.24, 2.45) is 0 Å². The van der Waals surface area contributed by atoms with Crippen molar-refractivity contribution in [1.29, 1.82) is 0 Å². The summed E-state index contributed by atoms with van der Waals surface area (Å²) in [5.74, 6) is 1.49. The minimum Gasteiger partial charge on any atom is -0.493 e. The first-order chi connectivity index (χ1) is 10.1. The first-order valence-corrected chi connectivity index (χ1v) is 8.28. The van der Waals surface area contributed by atoms with Gasteiger partial charge in [0.05, 0.1) is 24.8 Å². The lowest BCUT2D eigenvalue weighted by Gasteiger charge is -2.41. The lowest BCUT2D eigenvalue weighted by molar-refractivity contribution is 0.0872. The third kappa shape index (κ3) is 3.90. The molecule has 0 heterocycles. The van der Waals surface area contributed by atoms with Gasteiger partial charge < -0.3 is 19.9 Å². The van der Waals surface area contributed by atoms with Crippen LogP contribution in [0.3, 0.4) is 0 Å². The molecule has 0 aromatic heterocycles. The van der Waals surface area contributed by atoms with Crippen LogP contribution in [0, 0.1) is 0 Å². The summed E-state index contributed by atoms with van der Waals surface area (Å²) in [7, 11) is 1.65. The first-order valence-electron chi connectivity index (χ1n) is 7.49. The van der Waals surface area contributed by atoms with E-state index in [1.165, 1.54) is 6.42 Å². The molecule has 0 saturated heterocycles. The van der Waals surface area contributed by atoms with Gasteiger partial charge in [-0.25, -0.2) is 0 Å². The molecule has 2 N–H and O–H groups in total. The Labute approximate surface area is 135 Å². The van der Waals surface area contributed by atoms with Crippen LogP contribution >= 0.6 is 15.9 Å². The van der Waals surface area contributed by atoms with Crippen LogP contribution in [0.25, 0.3) is 0 Å². The Hall–Kier alpha value is -0.780. The molecule has 0 bridgehead atoms. The van der Waals surface area contributed by atoms with Gasteiger partial charge in [0.15, 0.2) is 11.5 Å². The van der Waals surface area contributed by atoms with Gasteiger partial charge in [-0.15, -0.1) is 0 Å². The lowest BCUT2D eigenvalue weighted by atomic mass is 9.77. The number of halogens is 1. The van der Waals surface area contributed by atoms with E-state index < -0.39 is 0 Å². The summed E-state index contributed by atoms with van der Waals surface area (Å²) >= 11 is 3.56. The maximum atomic E-state index is 9.49. The first kappa shape index (κ1) is 16.6. The van der Waals surface area contributed by atoms with E-state index >= 15 is 0 Å². The largest absolute Gasteiger partial charge is 0.493 e. The third-order valence-corrected chi connectivity index (χ3v) is 4.61. The van der Waals surface area contributed by atoms with Crippen LogP contribution in [0.1, 0.15) is 38.2 Å². The van der Waals surface area contributed by atoms with Gasteiger partial charge in [0.1, 0.15) is 0 Å². The summed E-state index contributed by atoms with van der Waals surface area (Å²) < 4.78 is 12.1. The molecular formula is C16H24BrNO3. The highest BCUT2D eigenvalue weighted by Crippen LogP contribution is 2.37. The number of rotatable bonds is 8. The number of aliphatic hydroxyl groups is 1. The van der Waals surface area contributed by atoms with Crippen molar-refractivity contribution in [3.05, 3.63) is 22.2 Å². The lowest BCUT2D eigenvalue weighted by Crippen LogP contribution is -2.53. The van der Waals surface area contributed by atoms with Crippen LogP contribution in [-0.2, 0) is 6.54 Å². The predicted molar refractivity (Wildman–Crippen MR) is 87.0 cm³/mol. The summed E-state index contributed by atoms with van der Waals surface area (Å²) in [6.07, 6.45) is 4.22. The predicted octanol–water partition coefficient (Wildman–Crippen LogP) is 3.25. The summed E-state index contributed by atoms with van der Waals surface area (Å²) in [6, 6.07) is 4.04. The maximum absolute atomic E-state index is 9.49. The highest BCUT2D eigenvalue weighted by molar-refractivity contribution is 9.10. The van der Waals surface area contributed by atoms with Gasteiger partial charge in [-0.1, -0.05) is 6.92 Å². The highest BCUT2D eigenvalue weighted by Gasteiger charge is 2.35. The van der Waals surface area contributed by atoms with E-state index in [0.29, 0.717) is 13.2 Å². The molecule has 1 aromatic carbocycles. The second kappa shape index (κ2) is 7.47. The van der Waals surface area contributed by atoms with Crippen LogP contribution in [0.5, 0.6) is 11.5 Å². The maximum Gasteiger partial charge on any atom is 0.175 e. The monoisotopic (exact) mass is 357 g/mol. The number of nitrogens with one attached hydrogen (secondary N) is 1. The molecule has 1 saturated carbocycles. The van der Waals surface area contributed by atoms with E-state index in [0.717, 1.165) is 40.8 Å². The smallest absolute Gasteiger partial charge is 0.175 e. The van der Waals surface area contributed by atoms with E-state index in [2.05, 4.69) is 28.2 Å². The molecule has 0 atom stereocenters. The van der Waals surface area contributed by atoms with Crippen molar-refractivity contribution >= 4 is 15.9 Å². The standard InChI is InChI=1S/C16H24BrNO3/c1-3-7-21-15-13(17)8-12(9-14(15)20-2)10-18-16(11-19)5-4-6-16/h8-9,18-19H,3-7,10-11H2,1-2H3. The average molecular weight is 358 g/mol. The molecule has 1 fully saturated rings. The molecule has 0 spiro atoms. The van der Waals surface area contributed by atoms with Gasteiger partial charge in [-0.3, -0.25) is 0 Å². The third-order valence-electron chi connectivity index (χ3n) is 4.02. The Morgan fingerprint density at radius 1 is 1.38 bits per heavy atom. The Morgan fingerprint density at radius 3 is 2.67 bits per heavy atom. The number of hydrogen-bond acceptors (Lipinski definition) is 4. The Morgan fingerprint density at radius 2 is 2.14 bits per heavy atom. The summed E-state index contributed by atoms with van der Waals surface area (Å²) in [4.78, 5) is 0. The number of hydrogen-bond donors (Lipinski definition) is 2. The molecule has 5 heteroatoms. The molecule has 0 amide bonds. The van der Waals surface area contributed by atoms with Crippen LogP contribution in [-0.4, -0.2) is 31.0 Å². The molecule has 1 aliphatic rings. The van der Waals surface area contributed by atoms with Gasteiger partial charge in [0.25, 0.3) is 0 Å². The minimum atomic E-state index is -0.0862. The van der Waals surface area contributed by atoms with E-state index in [-0.39, 0.29) is 12.1 Å². The van der Waals surface area contributed by atoms with Gasteiger partial charge in [-0.05, 0) is 59.3 Å². The van der Waals surface area contributed by atoms with Crippen LogP contribution < -0.4 is 14.8 Å². The number of benzene rings is 1. The normalized spacial score (nSPS) is 16.4. The fourth-order valence-corrected chi connectivity index (χ4v) is 3.11. The Balaban J connectivity index is 2.08. The number of aliphatic hydroxyl groups excluding tert-OH is 1. The topological polar surface area (TPSA) is 50.7 Å². The van der Waals surface area contributed by atoms with Gasteiger partial charge in [0, 0.05) is 12.1 Å². The van der Waals surface area contributed by atoms with Gasteiger partial charge in [-0.2, -0.15) is 0 Å². The molecule has 0 aliphatic heterocycles. The Bertz CT molecular complexity index is 469. The second-order valence-corrected chi connectivity index (χ2v) is 6.46. The van der Waals surface area contributed by atoms with Crippen LogP contribution in [0.4, 0.5) is 0 Å². The van der Waals surface area contributed by atoms with Crippen LogP contribution in [0.2, 0.25) is 0 Å². The van der Waals surface area contributed by atoms with Gasteiger partial charge in [0.2, 0.25) is 0 Å². The van der Waals surface area contributed by atoms with Crippen molar-refractivity contribution in [3.8, 4) is 11.5 Å². The molecule has 2 rings (SSSR count). The Kier molecular flexibility index (Phi) is 5.90. The number of methoxy groups -OCH3 is 1. The molecular weight excluding hydrogens is 334 g/mol. The van der Waals surface area contributed by atoms with E-state index in [9.17, 15) is 5.11 Å². The van der Waals surface area contributed by atoms with Gasteiger partial charge >= 0.3 is 0 Å². The zero-order valence-electron chi connectivity index (χ0n) is 12.7. The molecule has 21 heavy (non-hydrogen) atoms. The molecule has 118 valence electrons. The molecule has 1 aliphatic carbocycles. The minimum absolute atomic E-state index is 0.0862. The molecule has 0 unspecified atom stereocenters.